The number of carbonyl (C=O) groups is 2. The molecule has 0 amide bonds. The number of hydrogen-bond donors (Lipinski definition) is 0. The number of rotatable bonds is 11. The van der Waals surface area contributed by atoms with Crippen LogP contribution in [-0.2, 0) is 22.9 Å². The molecule has 0 aromatic heterocycles. The lowest BCUT2D eigenvalue weighted by molar-refractivity contribution is -0.130. The van der Waals surface area contributed by atoms with E-state index in [-0.39, 0.29) is 11.6 Å². The Balaban J connectivity index is 4.78. The van der Waals surface area contributed by atoms with Crippen molar-refractivity contribution in [1.82, 2.24) is 0 Å². The van der Waals surface area contributed by atoms with Gasteiger partial charge < -0.3 is 13.3 Å². The third kappa shape index (κ3) is 6.42. The van der Waals surface area contributed by atoms with Gasteiger partial charge in [0.1, 0.15) is 11.6 Å². The van der Waals surface area contributed by atoms with Crippen molar-refractivity contribution < 1.29 is 22.9 Å². The summed E-state index contributed by atoms with van der Waals surface area (Å²) in [5.41, 5.74) is 0. The van der Waals surface area contributed by atoms with Gasteiger partial charge in [-0.3, -0.25) is 9.59 Å². The number of ketones is 2. The molecule has 0 aromatic rings. The van der Waals surface area contributed by atoms with E-state index in [1.165, 1.54) is 13.8 Å². The molecule has 0 aliphatic carbocycles. The van der Waals surface area contributed by atoms with E-state index in [0.29, 0.717) is 32.3 Å². The molecule has 112 valence electrons. The second kappa shape index (κ2) is 9.36. The van der Waals surface area contributed by atoms with E-state index in [0.717, 1.165) is 0 Å². The Morgan fingerprint density at radius 1 is 0.895 bits per heavy atom. The topological polar surface area (TPSA) is 61.8 Å². The minimum atomic E-state index is -2.75. The van der Waals surface area contributed by atoms with Crippen LogP contribution < -0.4 is 0 Å². The first-order valence-electron chi connectivity index (χ1n) is 6.85. The Hall–Kier alpha value is -0.563. The predicted molar refractivity (Wildman–Crippen MR) is 74.9 cm³/mol. The summed E-state index contributed by atoms with van der Waals surface area (Å²) in [5, 5.41) is 0. The number of carbonyl (C=O) groups excluding carboxylic acids is 2. The van der Waals surface area contributed by atoms with Gasteiger partial charge in [0.2, 0.25) is 0 Å². The van der Waals surface area contributed by atoms with Gasteiger partial charge in [-0.25, -0.2) is 0 Å². The van der Waals surface area contributed by atoms with E-state index in [4.69, 9.17) is 13.3 Å². The van der Waals surface area contributed by atoms with Crippen molar-refractivity contribution in [1.29, 1.82) is 0 Å². The molecule has 0 spiro atoms. The van der Waals surface area contributed by atoms with Crippen molar-refractivity contribution in [2.24, 2.45) is 5.92 Å². The van der Waals surface area contributed by atoms with E-state index in [1.807, 2.05) is 20.8 Å². The maximum Gasteiger partial charge on any atom is 0.500 e. The Bertz CT molecular complexity index is 262. The maximum absolute atomic E-state index is 11.4. The van der Waals surface area contributed by atoms with Crippen molar-refractivity contribution in [3.05, 3.63) is 0 Å². The highest BCUT2D eigenvalue weighted by atomic mass is 28.4. The van der Waals surface area contributed by atoms with Crippen LogP contribution in [0.2, 0.25) is 6.04 Å². The standard InChI is InChI=1S/C13H26O5Si/c1-6-16-19(17-7-2,18-8-3)10-9-13(11(4)14)12(5)15/h13H,6-10H2,1-5H3. The van der Waals surface area contributed by atoms with Crippen LogP contribution in [0.5, 0.6) is 0 Å². The van der Waals surface area contributed by atoms with Gasteiger partial charge in [0.25, 0.3) is 0 Å². The summed E-state index contributed by atoms with van der Waals surface area (Å²) in [5.74, 6) is -0.798. The SMILES string of the molecule is CCO[Si](CCC(C(C)=O)C(C)=O)(OCC)OCC. The molecule has 19 heavy (non-hydrogen) atoms. The van der Waals surface area contributed by atoms with Gasteiger partial charge >= 0.3 is 8.80 Å². The molecule has 0 atom stereocenters. The minimum absolute atomic E-state index is 0.111. The largest absolute Gasteiger partial charge is 0.500 e. The van der Waals surface area contributed by atoms with E-state index in [9.17, 15) is 9.59 Å². The molecule has 0 radical (unpaired) electrons. The summed E-state index contributed by atoms with van der Waals surface area (Å²) >= 11 is 0. The molecule has 0 N–H and O–H groups in total. The Kier molecular flexibility index (Phi) is 9.08. The summed E-state index contributed by atoms with van der Waals surface area (Å²) in [6.45, 7) is 10.0. The molecule has 0 aromatic carbocycles. The lowest BCUT2D eigenvalue weighted by Crippen LogP contribution is -2.46. The quantitative estimate of drug-likeness (QED) is 0.431. The molecule has 6 heteroatoms. The van der Waals surface area contributed by atoms with Gasteiger partial charge in [0, 0.05) is 25.9 Å². The van der Waals surface area contributed by atoms with Crippen LogP contribution in [0.25, 0.3) is 0 Å². The fraction of sp³-hybridized carbons (Fsp3) is 0.846. The van der Waals surface area contributed by atoms with Gasteiger partial charge in [0.05, 0.1) is 5.92 Å². The van der Waals surface area contributed by atoms with Crippen LogP contribution in [-0.4, -0.2) is 40.2 Å². The average Bonchev–Trinajstić information content (AvgIpc) is 2.29. The molecule has 0 aliphatic heterocycles. The molecule has 0 heterocycles. The van der Waals surface area contributed by atoms with Gasteiger partial charge in [-0.05, 0) is 41.0 Å². The third-order valence-corrected chi connectivity index (χ3v) is 5.90. The summed E-state index contributed by atoms with van der Waals surface area (Å²) in [6, 6.07) is 0.492. The molecular formula is C13H26O5Si. The highest BCUT2D eigenvalue weighted by molar-refractivity contribution is 6.60. The summed E-state index contributed by atoms with van der Waals surface area (Å²) in [4.78, 5) is 22.9. The lowest BCUT2D eigenvalue weighted by Gasteiger charge is -2.29. The Morgan fingerprint density at radius 2 is 1.26 bits per heavy atom. The molecule has 0 bridgehead atoms. The molecule has 0 aliphatic rings. The fourth-order valence-electron chi connectivity index (χ4n) is 2.02. The monoisotopic (exact) mass is 290 g/mol. The molecule has 0 fully saturated rings. The van der Waals surface area contributed by atoms with Gasteiger partial charge in [-0.15, -0.1) is 0 Å². The Labute approximate surface area is 117 Å². The maximum atomic E-state index is 11.4. The fourth-order valence-corrected chi connectivity index (χ4v) is 4.66. The smallest absolute Gasteiger partial charge is 0.374 e. The number of Topliss-reactive ketones (excluding diaryl/α,β-unsaturated/α-hetero) is 2. The van der Waals surface area contributed by atoms with E-state index < -0.39 is 14.7 Å². The van der Waals surface area contributed by atoms with E-state index >= 15 is 0 Å². The zero-order valence-electron chi connectivity index (χ0n) is 12.7. The number of hydrogen-bond acceptors (Lipinski definition) is 5. The highest BCUT2D eigenvalue weighted by Gasteiger charge is 2.41. The molecule has 0 rings (SSSR count). The van der Waals surface area contributed by atoms with Crippen LogP contribution in [0.4, 0.5) is 0 Å². The van der Waals surface area contributed by atoms with Crippen LogP contribution >= 0.6 is 0 Å². The lowest BCUT2D eigenvalue weighted by atomic mass is 9.98. The van der Waals surface area contributed by atoms with Crippen molar-refractivity contribution in [2.75, 3.05) is 19.8 Å². The molecular weight excluding hydrogens is 264 g/mol. The van der Waals surface area contributed by atoms with Crippen molar-refractivity contribution in [3.63, 3.8) is 0 Å². The van der Waals surface area contributed by atoms with Gasteiger partial charge in [-0.1, -0.05) is 0 Å². The van der Waals surface area contributed by atoms with E-state index in [2.05, 4.69) is 0 Å². The van der Waals surface area contributed by atoms with Gasteiger partial charge in [0.15, 0.2) is 0 Å². The summed E-state index contributed by atoms with van der Waals surface area (Å²) < 4.78 is 17.1. The van der Waals surface area contributed by atoms with Crippen molar-refractivity contribution in [2.45, 2.75) is 47.1 Å². The van der Waals surface area contributed by atoms with Crippen LogP contribution in [0.3, 0.4) is 0 Å². The van der Waals surface area contributed by atoms with Crippen LogP contribution in [0.1, 0.15) is 41.0 Å². The zero-order valence-corrected chi connectivity index (χ0v) is 13.7. The predicted octanol–water partition coefficient (Wildman–Crippen LogP) is 2.22. The first-order chi connectivity index (χ1) is 8.92. The average molecular weight is 290 g/mol. The van der Waals surface area contributed by atoms with Crippen LogP contribution in [0.15, 0.2) is 0 Å². The molecule has 5 nitrogen and oxygen atoms in total. The minimum Gasteiger partial charge on any atom is -0.374 e. The van der Waals surface area contributed by atoms with E-state index in [1.54, 1.807) is 0 Å². The second-order valence-corrected chi connectivity index (χ2v) is 7.03. The van der Waals surface area contributed by atoms with Crippen molar-refractivity contribution >= 4 is 20.4 Å². The highest BCUT2D eigenvalue weighted by Crippen LogP contribution is 2.22. The normalized spacial score (nSPS) is 11.9. The third-order valence-electron chi connectivity index (χ3n) is 2.81. The second-order valence-electron chi connectivity index (χ2n) is 4.29. The Morgan fingerprint density at radius 3 is 1.53 bits per heavy atom. The molecule has 0 saturated heterocycles. The van der Waals surface area contributed by atoms with Crippen molar-refractivity contribution in [3.8, 4) is 0 Å². The summed E-state index contributed by atoms with van der Waals surface area (Å²) in [7, 11) is -2.75. The molecule has 0 saturated carbocycles. The summed E-state index contributed by atoms with van der Waals surface area (Å²) in [6.07, 6.45) is 0.427. The first kappa shape index (κ1) is 18.4. The first-order valence-corrected chi connectivity index (χ1v) is 8.78. The molecule has 0 unspecified atom stereocenters. The van der Waals surface area contributed by atoms with Gasteiger partial charge in [-0.2, -0.15) is 0 Å². The zero-order chi connectivity index (χ0) is 14.9. The van der Waals surface area contributed by atoms with Crippen LogP contribution in [0, 0.1) is 5.92 Å².